The van der Waals surface area contributed by atoms with Crippen molar-refractivity contribution in [3.63, 3.8) is 0 Å². The van der Waals surface area contributed by atoms with Crippen LogP contribution in [0, 0.1) is 23.3 Å². The van der Waals surface area contributed by atoms with Crippen LogP contribution in [0.25, 0.3) is 5.69 Å². The zero-order valence-electron chi connectivity index (χ0n) is 13.0. The Labute approximate surface area is 144 Å². The predicted octanol–water partition coefficient (Wildman–Crippen LogP) is 3.21. The average molecular weight is 362 g/mol. The lowest BCUT2D eigenvalue weighted by atomic mass is 10.0. The number of nitrogen functional groups attached to an aromatic ring is 1. The Morgan fingerprint density at radius 3 is 2.00 bits per heavy atom. The Bertz CT molecular complexity index is 1050. The quantitative estimate of drug-likeness (QED) is 0.575. The third kappa shape index (κ3) is 2.97. The fourth-order valence-corrected chi connectivity index (χ4v) is 2.48. The lowest BCUT2D eigenvalue weighted by Gasteiger charge is -2.14. The van der Waals surface area contributed by atoms with Crippen molar-refractivity contribution in [2.75, 3.05) is 5.73 Å². The fraction of sp³-hybridized carbons (Fsp3) is 0. The van der Waals surface area contributed by atoms with Gasteiger partial charge in [-0.1, -0.05) is 0 Å². The molecule has 2 N–H and O–H groups in total. The van der Waals surface area contributed by atoms with Crippen LogP contribution in [-0.4, -0.2) is 10.4 Å². The number of nitrogens with zero attached hydrogens (tertiary/aromatic N) is 1. The van der Waals surface area contributed by atoms with Gasteiger partial charge in [0.1, 0.15) is 23.1 Å². The number of anilines is 1. The van der Waals surface area contributed by atoms with Gasteiger partial charge in [0.25, 0.3) is 5.56 Å². The average Bonchev–Trinajstić information content (AvgIpc) is 2.57. The molecule has 26 heavy (non-hydrogen) atoms. The van der Waals surface area contributed by atoms with Crippen molar-refractivity contribution in [1.82, 2.24) is 4.57 Å². The lowest BCUT2D eigenvalue weighted by molar-refractivity contribution is 0.103. The normalized spacial score (nSPS) is 10.8. The fourth-order valence-electron chi connectivity index (χ4n) is 2.48. The standard InChI is InChI=1S/C18H10F4N2O2/c19-10-3-1-9(2-4-10)17(26)12-5-6-15(25)24(18(12)23)16-13(21)7-11(20)8-14(16)22/h1-8H,23H2. The highest BCUT2D eigenvalue weighted by molar-refractivity contribution is 6.11. The second-order valence-corrected chi connectivity index (χ2v) is 5.36. The molecule has 0 saturated heterocycles. The molecule has 0 fully saturated rings. The highest BCUT2D eigenvalue weighted by Crippen LogP contribution is 2.23. The van der Waals surface area contributed by atoms with E-state index in [1.54, 1.807) is 0 Å². The van der Waals surface area contributed by atoms with Gasteiger partial charge in [0.05, 0.1) is 5.56 Å². The van der Waals surface area contributed by atoms with Crippen LogP contribution in [0.4, 0.5) is 23.4 Å². The topological polar surface area (TPSA) is 65.1 Å². The van der Waals surface area contributed by atoms with E-state index in [4.69, 9.17) is 5.73 Å². The summed E-state index contributed by atoms with van der Waals surface area (Å²) in [7, 11) is 0. The van der Waals surface area contributed by atoms with Crippen molar-refractivity contribution < 1.29 is 22.4 Å². The molecule has 1 heterocycles. The summed E-state index contributed by atoms with van der Waals surface area (Å²) in [5, 5.41) is 0. The van der Waals surface area contributed by atoms with E-state index < -0.39 is 46.1 Å². The Balaban J connectivity index is 2.21. The third-order valence-corrected chi connectivity index (χ3v) is 3.69. The summed E-state index contributed by atoms with van der Waals surface area (Å²) < 4.78 is 54.6. The van der Waals surface area contributed by atoms with Crippen LogP contribution >= 0.6 is 0 Å². The van der Waals surface area contributed by atoms with Gasteiger partial charge in [-0.15, -0.1) is 0 Å². The molecule has 0 unspecified atom stereocenters. The molecule has 1 aromatic heterocycles. The van der Waals surface area contributed by atoms with E-state index in [-0.39, 0.29) is 11.1 Å². The van der Waals surface area contributed by atoms with Crippen molar-refractivity contribution in [1.29, 1.82) is 0 Å². The number of halogens is 4. The van der Waals surface area contributed by atoms with Crippen LogP contribution in [0.5, 0.6) is 0 Å². The van der Waals surface area contributed by atoms with Crippen molar-refractivity contribution >= 4 is 11.6 Å². The van der Waals surface area contributed by atoms with E-state index in [1.165, 1.54) is 12.1 Å². The Hall–Kier alpha value is -3.42. The SMILES string of the molecule is Nc1c(C(=O)c2ccc(F)cc2)ccc(=O)n1-c1c(F)cc(F)cc1F. The summed E-state index contributed by atoms with van der Waals surface area (Å²) in [5.41, 5.74) is 3.82. The molecule has 3 aromatic rings. The van der Waals surface area contributed by atoms with Gasteiger partial charge in [0.2, 0.25) is 0 Å². The summed E-state index contributed by atoms with van der Waals surface area (Å²) in [6.07, 6.45) is 0. The molecule has 132 valence electrons. The zero-order chi connectivity index (χ0) is 19.0. The molecule has 2 aromatic carbocycles. The number of ketones is 1. The Kier molecular flexibility index (Phi) is 4.33. The van der Waals surface area contributed by atoms with E-state index in [1.807, 2.05) is 0 Å². The number of rotatable bonds is 3. The van der Waals surface area contributed by atoms with Gasteiger partial charge in [0, 0.05) is 23.8 Å². The van der Waals surface area contributed by atoms with Crippen molar-refractivity contribution in [2.45, 2.75) is 0 Å². The van der Waals surface area contributed by atoms with Crippen molar-refractivity contribution in [3.8, 4) is 5.69 Å². The molecule has 0 bridgehead atoms. The third-order valence-electron chi connectivity index (χ3n) is 3.69. The lowest BCUT2D eigenvalue weighted by Crippen LogP contribution is -2.25. The van der Waals surface area contributed by atoms with Crippen molar-refractivity contribution in [3.05, 3.63) is 93.3 Å². The van der Waals surface area contributed by atoms with E-state index in [0.717, 1.165) is 24.3 Å². The first kappa shape index (κ1) is 17.4. The van der Waals surface area contributed by atoms with Gasteiger partial charge in [-0.3, -0.25) is 14.2 Å². The molecule has 0 amide bonds. The van der Waals surface area contributed by atoms with E-state index >= 15 is 0 Å². The van der Waals surface area contributed by atoms with E-state index in [0.29, 0.717) is 16.7 Å². The highest BCUT2D eigenvalue weighted by atomic mass is 19.1. The van der Waals surface area contributed by atoms with Gasteiger partial charge in [-0.05, 0) is 30.3 Å². The van der Waals surface area contributed by atoms with Crippen LogP contribution in [0.1, 0.15) is 15.9 Å². The molecular weight excluding hydrogens is 352 g/mol. The molecule has 0 saturated carbocycles. The van der Waals surface area contributed by atoms with Crippen LogP contribution in [0.15, 0.2) is 53.3 Å². The summed E-state index contributed by atoms with van der Waals surface area (Å²) in [6, 6.07) is 7.28. The first-order valence-corrected chi connectivity index (χ1v) is 7.26. The maximum atomic E-state index is 14.0. The first-order valence-electron chi connectivity index (χ1n) is 7.26. The minimum Gasteiger partial charge on any atom is -0.384 e. The molecule has 0 aliphatic heterocycles. The van der Waals surface area contributed by atoms with Crippen molar-refractivity contribution in [2.24, 2.45) is 0 Å². The maximum Gasteiger partial charge on any atom is 0.256 e. The second kappa shape index (κ2) is 6.47. The summed E-state index contributed by atoms with van der Waals surface area (Å²) in [6.45, 7) is 0. The molecule has 4 nitrogen and oxygen atoms in total. The number of hydrogen-bond donors (Lipinski definition) is 1. The van der Waals surface area contributed by atoms with Gasteiger partial charge in [0.15, 0.2) is 17.4 Å². The molecule has 0 aliphatic carbocycles. The second-order valence-electron chi connectivity index (χ2n) is 5.36. The van der Waals surface area contributed by atoms with E-state index in [9.17, 15) is 27.2 Å². The number of pyridine rings is 1. The number of benzene rings is 2. The minimum absolute atomic E-state index is 0.0587. The van der Waals surface area contributed by atoms with Crippen LogP contribution in [-0.2, 0) is 0 Å². The van der Waals surface area contributed by atoms with Gasteiger partial charge >= 0.3 is 0 Å². The predicted molar refractivity (Wildman–Crippen MR) is 86.2 cm³/mol. The molecule has 8 heteroatoms. The van der Waals surface area contributed by atoms with Crippen LogP contribution < -0.4 is 11.3 Å². The number of aromatic nitrogens is 1. The number of hydrogen-bond acceptors (Lipinski definition) is 3. The molecular formula is C18H10F4N2O2. The molecule has 0 aliphatic rings. The number of carbonyl (C=O) groups excluding carboxylic acids is 1. The first-order chi connectivity index (χ1) is 12.3. The largest absolute Gasteiger partial charge is 0.384 e. The highest BCUT2D eigenvalue weighted by Gasteiger charge is 2.21. The smallest absolute Gasteiger partial charge is 0.256 e. The van der Waals surface area contributed by atoms with Crippen LogP contribution in [0.3, 0.4) is 0 Å². The maximum absolute atomic E-state index is 14.0. The van der Waals surface area contributed by atoms with Gasteiger partial charge in [-0.25, -0.2) is 17.6 Å². The monoisotopic (exact) mass is 362 g/mol. The minimum atomic E-state index is -1.36. The Morgan fingerprint density at radius 2 is 1.42 bits per heavy atom. The molecule has 3 rings (SSSR count). The summed E-state index contributed by atoms with van der Waals surface area (Å²) in [5.74, 6) is -5.66. The zero-order valence-corrected chi connectivity index (χ0v) is 13.0. The van der Waals surface area contributed by atoms with Crippen LogP contribution in [0.2, 0.25) is 0 Å². The summed E-state index contributed by atoms with van der Waals surface area (Å²) in [4.78, 5) is 24.6. The van der Waals surface area contributed by atoms with Gasteiger partial charge < -0.3 is 5.73 Å². The molecule has 0 atom stereocenters. The number of nitrogens with two attached hydrogens (primary N) is 1. The Morgan fingerprint density at radius 1 is 0.846 bits per heavy atom. The molecule has 0 spiro atoms. The van der Waals surface area contributed by atoms with E-state index in [2.05, 4.69) is 0 Å². The molecule has 0 radical (unpaired) electrons. The number of carbonyl (C=O) groups is 1. The van der Waals surface area contributed by atoms with Gasteiger partial charge in [-0.2, -0.15) is 0 Å². The summed E-state index contributed by atoms with van der Waals surface area (Å²) >= 11 is 0.